The molecule has 65 heavy (non-hydrogen) atoms. The first-order valence-electron chi connectivity index (χ1n) is 19.8. The molecule has 0 bridgehead atoms. The summed E-state index contributed by atoms with van der Waals surface area (Å²) in [6.07, 6.45) is 3.11. The van der Waals surface area contributed by atoms with Crippen molar-refractivity contribution < 1.29 is 42.4 Å². The lowest BCUT2D eigenvalue weighted by Crippen LogP contribution is -2.54. The van der Waals surface area contributed by atoms with Gasteiger partial charge >= 0.3 is 12.1 Å². The van der Waals surface area contributed by atoms with Crippen molar-refractivity contribution in [3.05, 3.63) is 157 Å². The molecule has 0 aliphatic carbocycles. The highest BCUT2D eigenvalue weighted by atomic mass is 19.2. The van der Waals surface area contributed by atoms with Crippen molar-refractivity contribution >= 4 is 68.5 Å². The molecule has 8 rings (SSSR count). The number of fused-ring (bicyclic) bond motifs is 2. The van der Waals surface area contributed by atoms with E-state index in [1.807, 2.05) is 0 Å². The van der Waals surface area contributed by atoms with Gasteiger partial charge < -0.3 is 41.0 Å². The number of carbonyl (C=O) groups excluding carboxylic acids is 2. The van der Waals surface area contributed by atoms with Crippen molar-refractivity contribution in [2.45, 2.75) is 0 Å². The smallest absolute Gasteiger partial charge is 0.345 e. The van der Waals surface area contributed by atoms with Gasteiger partial charge in [-0.2, -0.15) is 10.0 Å². The van der Waals surface area contributed by atoms with Crippen LogP contribution in [0.3, 0.4) is 0 Å². The Balaban J connectivity index is 1.02. The molecule has 0 spiro atoms. The Bertz CT molecular complexity index is 2970. The summed E-state index contributed by atoms with van der Waals surface area (Å²) in [7, 11) is 0. The molecular weight excluding hydrogens is 846 g/mol. The third-order valence-electron chi connectivity index (χ3n) is 9.35. The predicted octanol–water partition coefficient (Wildman–Crippen LogP) is 9.08. The highest BCUT2D eigenvalue weighted by Gasteiger charge is 2.31. The lowest BCUT2D eigenvalue weighted by molar-refractivity contribution is 0.248. The maximum atomic E-state index is 14.8. The Morgan fingerprint density at radius 2 is 0.954 bits per heavy atom. The van der Waals surface area contributed by atoms with E-state index in [9.17, 15) is 22.8 Å². The number of aromatic nitrogens is 4. The molecule has 16 nitrogen and oxygen atoms in total. The number of halogens is 3. The first-order chi connectivity index (χ1) is 31.6. The van der Waals surface area contributed by atoms with Crippen LogP contribution in [0.4, 0.5) is 57.1 Å². The monoisotopic (exact) mass is 882 g/mol. The van der Waals surface area contributed by atoms with Crippen LogP contribution in [0.2, 0.25) is 0 Å². The number of hydrogen-bond donors (Lipinski definition) is 6. The van der Waals surface area contributed by atoms with Gasteiger partial charge in [0.1, 0.15) is 40.5 Å². The number of amides is 4. The number of rotatable bonds is 14. The minimum Gasteiger partial charge on any atom is -0.457 e. The molecule has 2 heterocycles. The van der Waals surface area contributed by atoms with Crippen LogP contribution in [0.15, 0.2) is 140 Å². The van der Waals surface area contributed by atoms with Crippen molar-refractivity contribution in [2.75, 3.05) is 57.6 Å². The SMILES string of the molecule is O=C(Nc1ccc(Oc2ccc3ncc(NCCO)nc3c2)cc1)N(c1ccc(F)cc1)N(C(=O)Nc1ccc(Oc2ccc3ncc(NCCO)nc3c2)cc1)c1ccc(F)c(F)c1. The van der Waals surface area contributed by atoms with Crippen LogP contribution in [0.5, 0.6) is 23.0 Å². The second kappa shape index (κ2) is 19.7. The second-order valence-corrected chi connectivity index (χ2v) is 13.9. The molecule has 0 radical (unpaired) electrons. The molecule has 6 aromatic carbocycles. The zero-order chi connectivity index (χ0) is 45.3. The van der Waals surface area contributed by atoms with Crippen molar-refractivity contribution in [2.24, 2.45) is 0 Å². The predicted molar refractivity (Wildman–Crippen MR) is 239 cm³/mol. The summed E-state index contributed by atoms with van der Waals surface area (Å²) in [6.45, 7) is 0.469. The second-order valence-electron chi connectivity index (χ2n) is 13.9. The van der Waals surface area contributed by atoms with Crippen LogP contribution >= 0.6 is 0 Å². The van der Waals surface area contributed by atoms with Gasteiger partial charge in [-0.1, -0.05) is 0 Å². The first-order valence-corrected chi connectivity index (χ1v) is 19.8. The largest absolute Gasteiger partial charge is 0.457 e. The quantitative estimate of drug-likeness (QED) is 0.0567. The molecule has 0 saturated heterocycles. The van der Waals surface area contributed by atoms with Gasteiger partial charge in [0.2, 0.25) is 0 Å². The van der Waals surface area contributed by atoms with Gasteiger partial charge in [0.05, 0.1) is 59.0 Å². The fraction of sp³-hybridized carbons (Fsp3) is 0.0870. The van der Waals surface area contributed by atoms with Crippen LogP contribution in [0.1, 0.15) is 0 Å². The first kappa shape index (κ1) is 43.1. The Hall–Kier alpha value is -8.55. The van der Waals surface area contributed by atoms with E-state index in [2.05, 4.69) is 41.2 Å². The van der Waals surface area contributed by atoms with E-state index in [-0.39, 0.29) is 36.0 Å². The van der Waals surface area contributed by atoms with Gasteiger partial charge in [-0.25, -0.2) is 32.7 Å². The van der Waals surface area contributed by atoms with Crippen LogP contribution in [0.25, 0.3) is 22.1 Å². The maximum absolute atomic E-state index is 14.8. The average Bonchev–Trinajstić information content (AvgIpc) is 3.31. The summed E-state index contributed by atoms with van der Waals surface area (Å²) >= 11 is 0. The molecule has 4 amide bonds. The third kappa shape index (κ3) is 10.6. The molecule has 0 unspecified atom stereocenters. The van der Waals surface area contributed by atoms with Crippen molar-refractivity contribution in [3.8, 4) is 23.0 Å². The third-order valence-corrected chi connectivity index (χ3v) is 9.35. The number of anilines is 6. The molecule has 0 fully saturated rings. The number of nitrogens with one attached hydrogen (secondary N) is 4. The van der Waals surface area contributed by atoms with Gasteiger partial charge in [-0.15, -0.1) is 0 Å². The number of aliphatic hydroxyl groups is 2. The van der Waals surface area contributed by atoms with Gasteiger partial charge in [0, 0.05) is 42.7 Å². The zero-order valence-corrected chi connectivity index (χ0v) is 34.0. The molecule has 0 saturated carbocycles. The minimum absolute atomic E-state index is 0.0158. The van der Waals surface area contributed by atoms with Gasteiger partial charge in [0.15, 0.2) is 11.6 Å². The molecule has 0 atom stereocenters. The van der Waals surface area contributed by atoms with Gasteiger partial charge in [-0.05, 0) is 109 Å². The summed E-state index contributed by atoms with van der Waals surface area (Å²) in [6, 6.07) is 28.1. The van der Waals surface area contributed by atoms with E-state index in [1.165, 1.54) is 24.3 Å². The lowest BCUT2D eigenvalue weighted by atomic mass is 10.2. The molecule has 328 valence electrons. The molecular formula is C46H37F3N10O6. The van der Waals surface area contributed by atoms with E-state index < -0.39 is 29.5 Å². The fourth-order valence-electron chi connectivity index (χ4n) is 6.33. The summed E-state index contributed by atoms with van der Waals surface area (Å²) in [4.78, 5) is 46.3. The highest BCUT2D eigenvalue weighted by molar-refractivity contribution is 6.13. The van der Waals surface area contributed by atoms with Crippen LogP contribution < -0.4 is 40.8 Å². The molecule has 2 aromatic heterocycles. The standard InChI is InChI=1S/C46H37F3N10O6/c47-28-1-7-31(8-2-28)58(45(62)54-29-3-10-33(11-4-29)64-35-14-17-39-41(24-35)56-43(26-52-39)50-19-21-60)59(32-9-16-37(48)38(49)23-32)46(63)55-30-5-12-34(13-6-30)65-36-15-18-40-42(25-36)57-44(27-53-40)51-20-22-61/h1-18,23-27,60-61H,19-22H2,(H,50,56)(H,51,57)(H,54,62)(H,55,63). The number of ether oxygens (including phenoxy) is 2. The summed E-state index contributed by atoms with van der Waals surface area (Å²) < 4.78 is 55.4. The topological polar surface area (TPSA) is 199 Å². The summed E-state index contributed by atoms with van der Waals surface area (Å²) in [5.41, 5.74) is 2.55. The van der Waals surface area contributed by atoms with E-state index in [4.69, 9.17) is 19.7 Å². The Morgan fingerprint density at radius 1 is 0.508 bits per heavy atom. The normalized spacial score (nSPS) is 10.9. The molecule has 0 aliphatic rings. The Kier molecular flexibility index (Phi) is 13.0. The number of carbonyl (C=O) groups is 2. The number of aliphatic hydroxyl groups excluding tert-OH is 2. The molecule has 6 N–H and O–H groups in total. The van der Waals surface area contributed by atoms with Crippen molar-refractivity contribution in [3.63, 3.8) is 0 Å². The zero-order valence-electron chi connectivity index (χ0n) is 34.0. The van der Waals surface area contributed by atoms with E-state index in [0.717, 1.165) is 40.3 Å². The van der Waals surface area contributed by atoms with Gasteiger partial charge in [0.25, 0.3) is 0 Å². The minimum atomic E-state index is -1.30. The number of nitrogens with zero attached hydrogens (tertiary/aromatic N) is 6. The van der Waals surface area contributed by atoms with E-state index in [0.29, 0.717) is 69.8 Å². The number of benzene rings is 6. The van der Waals surface area contributed by atoms with Crippen LogP contribution in [-0.2, 0) is 0 Å². The molecule has 8 aromatic rings. The maximum Gasteiger partial charge on any atom is 0.345 e. The molecule has 0 aliphatic heterocycles. The van der Waals surface area contributed by atoms with Crippen LogP contribution in [-0.4, -0.2) is 68.5 Å². The van der Waals surface area contributed by atoms with Crippen molar-refractivity contribution in [1.29, 1.82) is 0 Å². The summed E-state index contributed by atoms with van der Waals surface area (Å²) in [5, 5.41) is 31.2. The fourth-order valence-corrected chi connectivity index (χ4v) is 6.33. The summed E-state index contributed by atoms with van der Waals surface area (Å²) in [5.74, 6) is -0.490. The van der Waals surface area contributed by atoms with E-state index >= 15 is 0 Å². The number of hydrogen-bond acceptors (Lipinski definition) is 12. The molecule has 19 heteroatoms. The average molecular weight is 883 g/mol. The van der Waals surface area contributed by atoms with Crippen molar-refractivity contribution in [1.82, 2.24) is 19.9 Å². The highest BCUT2D eigenvalue weighted by Crippen LogP contribution is 2.31. The van der Waals surface area contributed by atoms with Gasteiger partial charge in [-0.3, -0.25) is 9.97 Å². The Morgan fingerprint density at radius 3 is 1.42 bits per heavy atom. The lowest BCUT2D eigenvalue weighted by Gasteiger charge is -2.34. The Labute approximate surface area is 367 Å². The van der Waals surface area contributed by atoms with Crippen LogP contribution in [0, 0.1) is 17.5 Å². The number of urea groups is 2. The van der Waals surface area contributed by atoms with E-state index in [1.54, 1.807) is 85.2 Å². The number of hydrazine groups is 1.